The van der Waals surface area contributed by atoms with E-state index in [0.717, 1.165) is 25.0 Å². The summed E-state index contributed by atoms with van der Waals surface area (Å²) in [7, 11) is 0. The molecular weight excluding hydrogens is 547 g/mol. The van der Waals surface area contributed by atoms with Crippen molar-refractivity contribution in [3.8, 4) is 17.0 Å². The van der Waals surface area contributed by atoms with E-state index in [9.17, 15) is 18.7 Å². The Labute approximate surface area is 244 Å². The monoisotopic (exact) mass is 585 g/mol. The molecule has 1 fully saturated rings. The molecule has 1 aliphatic rings. The number of hydrogen-bond acceptors (Lipinski definition) is 6. The Hall–Kier alpha value is -3.66. The molecule has 3 aromatic rings. The van der Waals surface area contributed by atoms with Crippen molar-refractivity contribution < 1.29 is 32.5 Å². The summed E-state index contributed by atoms with van der Waals surface area (Å²) in [6.45, 7) is 12.7. The van der Waals surface area contributed by atoms with Crippen LogP contribution in [-0.4, -0.2) is 46.3 Å². The van der Waals surface area contributed by atoms with Crippen LogP contribution in [0.4, 0.5) is 18.9 Å². The summed E-state index contributed by atoms with van der Waals surface area (Å²) in [5, 5.41) is 10.3. The third-order valence-corrected chi connectivity index (χ3v) is 7.45. The molecule has 1 aromatic carbocycles. The summed E-state index contributed by atoms with van der Waals surface area (Å²) >= 11 is 0. The predicted molar refractivity (Wildman–Crippen MR) is 154 cm³/mol. The number of carbonyl (C=O) groups is 1. The number of pyridine rings is 2. The molecule has 0 spiro atoms. The zero-order chi connectivity index (χ0) is 30.8. The van der Waals surface area contributed by atoms with Gasteiger partial charge < -0.3 is 19.5 Å². The Morgan fingerprint density at radius 1 is 1.07 bits per heavy atom. The van der Waals surface area contributed by atoms with Gasteiger partial charge in [-0.05, 0) is 64.2 Å². The van der Waals surface area contributed by atoms with Gasteiger partial charge >= 0.3 is 5.97 Å². The SMILES string of the molecule is Cc1ncc(-c2cnc(OCCc3c(F)cccc3F)c(F)c2)c(N2CCC(C)(C)CC2)c1C(OC(C)(C)C)C(=O)O. The summed E-state index contributed by atoms with van der Waals surface area (Å²) in [5.41, 5.74) is 1.67. The minimum atomic E-state index is -1.30. The molecule has 1 aliphatic heterocycles. The summed E-state index contributed by atoms with van der Waals surface area (Å²) < 4.78 is 54.7. The van der Waals surface area contributed by atoms with Crippen LogP contribution in [0.2, 0.25) is 0 Å². The lowest BCUT2D eigenvalue weighted by Crippen LogP contribution is -2.39. The number of aliphatic carboxylic acids is 1. The Balaban J connectivity index is 1.72. The number of carboxylic acid groups (broad SMARTS) is 1. The maximum Gasteiger partial charge on any atom is 0.337 e. The van der Waals surface area contributed by atoms with Gasteiger partial charge in [-0.25, -0.2) is 22.9 Å². The molecule has 0 saturated carbocycles. The van der Waals surface area contributed by atoms with E-state index in [2.05, 4.69) is 28.7 Å². The highest BCUT2D eigenvalue weighted by Crippen LogP contribution is 2.43. The van der Waals surface area contributed by atoms with E-state index in [-0.39, 0.29) is 29.9 Å². The number of benzene rings is 1. The lowest BCUT2D eigenvalue weighted by Gasteiger charge is -2.40. The lowest BCUT2D eigenvalue weighted by atomic mass is 9.82. The van der Waals surface area contributed by atoms with Crippen LogP contribution in [0.25, 0.3) is 11.1 Å². The quantitative estimate of drug-likeness (QED) is 0.288. The zero-order valence-corrected chi connectivity index (χ0v) is 24.9. The molecule has 2 aromatic heterocycles. The number of nitrogens with zero attached hydrogens (tertiary/aromatic N) is 3. The van der Waals surface area contributed by atoms with Crippen LogP contribution in [0.15, 0.2) is 36.7 Å². The van der Waals surface area contributed by atoms with Crippen molar-refractivity contribution in [3.63, 3.8) is 0 Å². The van der Waals surface area contributed by atoms with Crippen molar-refractivity contribution in [3.05, 3.63) is 70.9 Å². The molecule has 226 valence electrons. The summed E-state index contributed by atoms with van der Waals surface area (Å²) in [6, 6.07) is 4.82. The topological polar surface area (TPSA) is 84.8 Å². The first-order valence-electron chi connectivity index (χ1n) is 14.0. The van der Waals surface area contributed by atoms with E-state index >= 15 is 4.39 Å². The number of hydrogen-bond donors (Lipinski definition) is 1. The number of rotatable bonds is 9. The van der Waals surface area contributed by atoms with Gasteiger partial charge in [-0.1, -0.05) is 19.9 Å². The first-order chi connectivity index (χ1) is 19.7. The molecule has 4 rings (SSSR count). The molecule has 1 N–H and O–H groups in total. The van der Waals surface area contributed by atoms with E-state index in [1.807, 2.05) is 0 Å². The molecule has 42 heavy (non-hydrogen) atoms. The average Bonchev–Trinajstić information content (AvgIpc) is 2.89. The van der Waals surface area contributed by atoms with Crippen LogP contribution in [0.3, 0.4) is 0 Å². The second-order valence-electron chi connectivity index (χ2n) is 12.4. The van der Waals surface area contributed by atoms with Crippen LogP contribution in [0, 0.1) is 29.8 Å². The highest BCUT2D eigenvalue weighted by atomic mass is 19.1. The van der Waals surface area contributed by atoms with Gasteiger partial charge in [-0.3, -0.25) is 4.98 Å². The van der Waals surface area contributed by atoms with Crippen LogP contribution in [0.5, 0.6) is 5.88 Å². The summed E-state index contributed by atoms with van der Waals surface area (Å²) in [4.78, 5) is 23.3. The standard InChI is InChI=1S/C32H38F3N3O4/c1-19-26(28(30(39)40)42-31(2,3)4)27(38-13-11-32(5,6)12-14-38)22(18-36-19)20-16-25(35)29(37-17-20)41-15-10-21-23(33)8-7-9-24(21)34/h7-9,16-18,28H,10-15H2,1-6H3,(H,39,40). The van der Waals surface area contributed by atoms with E-state index in [1.54, 1.807) is 33.9 Å². The largest absolute Gasteiger partial charge is 0.479 e. The number of ether oxygens (including phenoxy) is 2. The molecule has 0 amide bonds. The number of piperidine rings is 1. The van der Waals surface area contributed by atoms with Gasteiger partial charge in [-0.2, -0.15) is 0 Å². The van der Waals surface area contributed by atoms with Crippen LogP contribution in [-0.2, 0) is 16.0 Å². The maximum atomic E-state index is 15.3. The van der Waals surface area contributed by atoms with E-state index in [0.29, 0.717) is 41.2 Å². The average molecular weight is 586 g/mol. The third-order valence-electron chi connectivity index (χ3n) is 7.45. The van der Waals surface area contributed by atoms with Crippen LogP contribution >= 0.6 is 0 Å². The molecule has 0 aliphatic carbocycles. The number of halogens is 3. The van der Waals surface area contributed by atoms with Crippen molar-refractivity contribution in [2.75, 3.05) is 24.6 Å². The molecule has 10 heteroatoms. The smallest absolute Gasteiger partial charge is 0.337 e. The molecule has 1 unspecified atom stereocenters. The van der Waals surface area contributed by atoms with Crippen molar-refractivity contribution in [2.24, 2.45) is 5.41 Å². The summed E-state index contributed by atoms with van der Waals surface area (Å²) in [6.07, 6.45) is 3.38. The molecule has 1 atom stereocenters. The molecule has 0 radical (unpaired) electrons. The van der Waals surface area contributed by atoms with E-state index in [1.165, 1.54) is 18.3 Å². The Kier molecular flexibility index (Phi) is 9.15. The van der Waals surface area contributed by atoms with Gasteiger partial charge in [0.2, 0.25) is 5.88 Å². The van der Waals surface area contributed by atoms with Crippen molar-refractivity contribution >= 4 is 11.7 Å². The molecule has 0 bridgehead atoms. The second-order valence-corrected chi connectivity index (χ2v) is 12.4. The summed E-state index contributed by atoms with van der Waals surface area (Å²) in [5.74, 6) is -3.63. The van der Waals surface area contributed by atoms with Crippen LogP contribution < -0.4 is 9.64 Å². The fraction of sp³-hybridized carbons (Fsp3) is 0.469. The fourth-order valence-electron chi connectivity index (χ4n) is 5.10. The normalized spacial score (nSPS) is 15.9. The first-order valence-corrected chi connectivity index (χ1v) is 14.0. The third kappa shape index (κ3) is 7.21. The van der Waals surface area contributed by atoms with Crippen molar-refractivity contribution in [1.29, 1.82) is 0 Å². The molecular formula is C32H38F3N3O4. The van der Waals surface area contributed by atoms with Crippen LogP contribution in [0.1, 0.15) is 70.4 Å². The maximum absolute atomic E-state index is 15.3. The predicted octanol–water partition coefficient (Wildman–Crippen LogP) is 7.06. The number of aromatic nitrogens is 2. The highest BCUT2D eigenvalue weighted by molar-refractivity contribution is 5.86. The number of carboxylic acids is 1. The molecule has 3 heterocycles. The number of anilines is 1. The zero-order valence-electron chi connectivity index (χ0n) is 24.9. The molecule has 1 saturated heterocycles. The van der Waals surface area contributed by atoms with Crippen molar-refractivity contribution in [1.82, 2.24) is 9.97 Å². The minimum Gasteiger partial charge on any atom is -0.479 e. The molecule has 7 nitrogen and oxygen atoms in total. The first kappa shape index (κ1) is 31.3. The van der Waals surface area contributed by atoms with Gasteiger partial charge in [-0.15, -0.1) is 0 Å². The van der Waals surface area contributed by atoms with Gasteiger partial charge in [0.15, 0.2) is 11.9 Å². The Bertz CT molecular complexity index is 1430. The Morgan fingerprint density at radius 2 is 1.71 bits per heavy atom. The van der Waals surface area contributed by atoms with Gasteiger partial charge in [0.1, 0.15) is 11.6 Å². The second kappa shape index (κ2) is 12.3. The minimum absolute atomic E-state index is 0.105. The van der Waals surface area contributed by atoms with Gasteiger partial charge in [0.25, 0.3) is 0 Å². The lowest BCUT2D eigenvalue weighted by molar-refractivity contribution is -0.160. The van der Waals surface area contributed by atoms with Gasteiger partial charge in [0, 0.05) is 59.9 Å². The fourth-order valence-corrected chi connectivity index (χ4v) is 5.10. The van der Waals surface area contributed by atoms with E-state index in [4.69, 9.17) is 9.47 Å². The highest BCUT2D eigenvalue weighted by Gasteiger charge is 2.36. The number of aryl methyl sites for hydroxylation is 1. The Morgan fingerprint density at radius 3 is 2.29 bits per heavy atom. The van der Waals surface area contributed by atoms with Crippen molar-refractivity contribution in [2.45, 2.75) is 72.5 Å². The van der Waals surface area contributed by atoms with Gasteiger partial charge in [0.05, 0.1) is 17.9 Å². The van der Waals surface area contributed by atoms with E-state index < -0.39 is 35.1 Å².